The minimum atomic E-state index is -0.614. The van der Waals surface area contributed by atoms with E-state index in [2.05, 4.69) is 0 Å². The number of halogens is 2. The highest BCUT2D eigenvalue weighted by Gasteiger charge is 2.18. The van der Waals surface area contributed by atoms with Gasteiger partial charge in [-0.05, 0) is 12.1 Å². The first-order chi connectivity index (χ1) is 7.07. The van der Waals surface area contributed by atoms with Crippen molar-refractivity contribution in [2.45, 2.75) is 0 Å². The molecule has 0 aliphatic heterocycles. The molecule has 0 atom stereocenters. The van der Waals surface area contributed by atoms with Crippen molar-refractivity contribution in [2.75, 3.05) is 20.1 Å². The fraction of sp³-hybridized carbons (Fsp3) is 0.300. The van der Waals surface area contributed by atoms with Crippen LogP contribution in [-0.2, 0) is 0 Å². The fourth-order valence-electron chi connectivity index (χ4n) is 1.19. The maximum Gasteiger partial charge on any atom is 0.258 e. The Morgan fingerprint density at radius 1 is 1.60 bits per heavy atom. The molecule has 0 bridgehead atoms. The monoisotopic (exact) mass is 230 g/mol. The van der Waals surface area contributed by atoms with Crippen LogP contribution in [0.4, 0.5) is 4.39 Å². The summed E-state index contributed by atoms with van der Waals surface area (Å²) in [6, 6.07) is 4.14. The molecule has 3 nitrogen and oxygen atoms in total. The van der Waals surface area contributed by atoms with Gasteiger partial charge in [-0.15, -0.1) is 0 Å². The van der Waals surface area contributed by atoms with Crippen molar-refractivity contribution in [2.24, 2.45) is 5.73 Å². The molecule has 1 amide bonds. The zero-order valence-corrected chi connectivity index (χ0v) is 9.09. The van der Waals surface area contributed by atoms with E-state index < -0.39 is 11.7 Å². The first-order valence-electron chi connectivity index (χ1n) is 4.47. The quantitative estimate of drug-likeness (QED) is 0.856. The minimum Gasteiger partial charge on any atom is -0.340 e. The normalized spacial score (nSPS) is 10.1. The molecule has 0 aliphatic carbocycles. The van der Waals surface area contributed by atoms with Gasteiger partial charge in [-0.1, -0.05) is 17.7 Å². The molecule has 82 valence electrons. The lowest BCUT2D eigenvalue weighted by Gasteiger charge is -2.16. The summed E-state index contributed by atoms with van der Waals surface area (Å²) in [5.41, 5.74) is 5.20. The number of carbonyl (C=O) groups excluding carboxylic acids is 1. The SMILES string of the molecule is CN(CCN)C(=O)c1c(F)cccc1Cl. The van der Waals surface area contributed by atoms with Gasteiger partial charge in [-0.2, -0.15) is 0 Å². The summed E-state index contributed by atoms with van der Waals surface area (Å²) in [5, 5.41) is 0.115. The molecule has 0 aliphatic rings. The summed E-state index contributed by atoms with van der Waals surface area (Å²) in [7, 11) is 1.55. The van der Waals surface area contributed by atoms with E-state index >= 15 is 0 Å². The van der Waals surface area contributed by atoms with E-state index in [4.69, 9.17) is 17.3 Å². The molecule has 1 rings (SSSR count). The summed E-state index contributed by atoms with van der Waals surface area (Å²) in [5.74, 6) is -1.07. The van der Waals surface area contributed by atoms with Crippen LogP contribution in [0.1, 0.15) is 10.4 Å². The van der Waals surface area contributed by atoms with E-state index in [1.807, 2.05) is 0 Å². The predicted molar refractivity (Wildman–Crippen MR) is 57.4 cm³/mol. The Balaban J connectivity index is 3.00. The van der Waals surface area contributed by atoms with Crippen LogP contribution in [-0.4, -0.2) is 30.9 Å². The third-order valence-corrected chi connectivity index (χ3v) is 2.30. The summed E-state index contributed by atoms with van der Waals surface area (Å²) in [6.07, 6.45) is 0. The second kappa shape index (κ2) is 5.09. The number of nitrogens with two attached hydrogens (primary N) is 1. The number of nitrogens with zero attached hydrogens (tertiary/aromatic N) is 1. The largest absolute Gasteiger partial charge is 0.340 e. The number of likely N-dealkylation sites (N-methyl/N-ethyl adjacent to an activating group) is 1. The van der Waals surface area contributed by atoms with Crippen molar-refractivity contribution in [3.8, 4) is 0 Å². The van der Waals surface area contributed by atoms with Crippen molar-refractivity contribution in [3.05, 3.63) is 34.6 Å². The molecule has 0 heterocycles. The van der Waals surface area contributed by atoms with Gasteiger partial charge in [0.1, 0.15) is 5.82 Å². The Morgan fingerprint density at radius 3 is 2.80 bits per heavy atom. The molecule has 1 aromatic rings. The average Bonchev–Trinajstić information content (AvgIpc) is 2.17. The topological polar surface area (TPSA) is 46.3 Å². The molecule has 0 spiro atoms. The number of hydrogen-bond donors (Lipinski definition) is 1. The number of hydrogen-bond acceptors (Lipinski definition) is 2. The molecule has 1 aromatic carbocycles. The Bertz CT molecular complexity index is 350. The highest BCUT2D eigenvalue weighted by atomic mass is 35.5. The Morgan fingerprint density at radius 2 is 2.27 bits per heavy atom. The molecule has 0 saturated carbocycles. The lowest BCUT2D eigenvalue weighted by Crippen LogP contribution is -2.32. The Labute approximate surface area is 92.6 Å². The number of carbonyl (C=O) groups is 1. The smallest absolute Gasteiger partial charge is 0.258 e. The van der Waals surface area contributed by atoms with Gasteiger partial charge in [0, 0.05) is 20.1 Å². The van der Waals surface area contributed by atoms with Crippen LogP contribution in [0.25, 0.3) is 0 Å². The molecule has 15 heavy (non-hydrogen) atoms. The molecular formula is C10H12ClFN2O. The van der Waals surface area contributed by atoms with E-state index in [1.54, 1.807) is 7.05 Å². The van der Waals surface area contributed by atoms with Crippen molar-refractivity contribution >= 4 is 17.5 Å². The highest BCUT2D eigenvalue weighted by molar-refractivity contribution is 6.33. The van der Waals surface area contributed by atoms with E-state index in [0.717, 1.165) is 0 Å². The lowest BCUT2D eigenvalue weighted by atomic mass is 10.2. The number of benzene rings is 1. The summed E-state index contributed by atoms with van der Waals surface area (Å²) < 4.78 is 13.3. The third-order valence-electron chi connectivity index (χ3n) is 1.99. The van der Waals surface area contributed by atoms with Crippen LogP contribution < -0.4 is 5.73 Å². The number of rotatable bonds is 3. The van der Waals surface area contributed by atoms with Gasteiger partial charge in [-0.25, -0.2) is 4.39 Å². The maximum absolute atomic E-state index is 13.3. The van der Waals surface area contributed by atoms with Crippen LogP contribution >= 0.6 is 11.6 Å². The van der Waals surface area contributed by atoms with E-state index in [-0.39, 0.29) is 10.6 Å². The second-order valence-electron chi connectivity index (χ2n) is 3.11. The van der Waals surface area contributed by atoms with Crippen molar-refractivity contribution < 1.29 is 9.18 Å². The van der Waals surface area contributed by atoms with Crippen LogP contribution in [0.15, 0.2) is 18.2 Å². The van der Waals surface area contributed by atoms with E-state index in [1.165, 1.54) is 23.1 Å². The van der Waals surface area contributed by atoms with Gasteiger partial charge >= 0.3 is 0 Å². The standard InChI is InChI=1S/C10H12ClFN2O/c1-14(6-5-13)10(15)9-7(11)3-2-4-8(9)12/h2-4H,5-6,13H2,1H3. The third kappa shape index (κ3) is 2.67. The van der Waals surface area contributed by atoms with Crippen LogP contribution in [0.3, 0.4) is 0 Å². The van der Waals surface area contributed by atoms with Crippen LogP contribution in [0.2, 0.25) is 5.02 Å². The molecule has 0 radical (unpaired) electrons. The van der Waals surface area contributed by atoms with Gasteiger partial charge in [0.2, 0.25) is 0 Å². The maximum atomic E-state index is 13.3. The minimum absolute atomic E-state index is 0.102. The zero-order valence-electron chi connectivity index (χ0n) is 8.34. The summed E-state index contributed by atoms with van der Waals surface area (Å²) in [4.78, 5) is 13.1. The second-order valence-corrected chi connectivity index (χ2v) is 3.52. The molecular weight excluding hydrogens is 219 g/mol. The Kier molecular flexibility index (Phi) is 4.05. The fourth-order valence-corrected chi connectivity index (χ4v) is 1.43. The predicted octanol–water partition coefficient (Wildman–Crippen LogP) is 1.51. The highest BCUT2D eigenvalue weighted by Crippen LogP contribution is 2.20. The number of amides is 1. The van der Waals surface area contributed by atoms with Crippen molar-refractivity contribution in [1.82, 2.24) is 4.90 Å². The Hall–Kier alpha value is -1.13. The van der Waals surface area contributed by atoms with Gasteiger partial charge in [-0.3, -0.25) is 4.79 Å². The van der Waals surface area contributed by atoms with Gasteiger partial charge in [0.05, 0.1) is 10.6 Å². The molecule has 2 N–H and O–H groups in total. The summed E-state index contributed by atoms with van der Waals surface area (Å²) in [6.45, 7) is 0.692. The molecule has 5 heteroatoms. The molecule has 0 unspecified atom stereocenters. The first-order valence-corrected chi connectivity index (χ1v) is 4.85. The van der Waals surface area contributed by atoms with Gasteiger partial charge in [0.25, 0.3) is 5.91 Å². The van der Waals surface area contributed by atoms with Crippen molar-refractivity contribution in [3.63, 3.8) is 0 Å². The van der Waals surface area contributed by atoms with Gasteiger partial charge in [0.15, 0.2) is 0 Å². The van der Waals surface area contributed by atoms with Crippen LogP contribution in [0, 0.1) is 5.82 Å². The van der Waals surface area contributed by atoms with E-state index in [0.29, 0.717) is 13.1 Å². The first kappa shape index (κ1) is 11.9. The van der Waals surface area contributed by atoms with Gasteiger partial charge < -0.3 is 10.6 Å². The summed E-state index contributed by atoms with van der Waals surface area (Å²) >= 11 is 5.75. The van der Waals surface area contributed by atoms with Crippen LogP contribution in [0.5, 0.6) is 0 Å². The molecule has 0 saturated heterocycles. The van der Waals surface area contributed by atoms with E-state index in [9.17, 15) is 9.18 Å². The molecule has 0 aromatic heterocycles. The van der Waals surface area contributed by atoms with Crippen molar-refractivity contribution in [1.29, 1.82) is 0 Å². The zero-order chi connectivity index (χ0) is 11.4. The lowest BCUT2D eigenvalue weighted by molar-refractivity contribution is 0.0794. The average molecular weight is 231 g/mol. The molecule has 0 fully saturated rings.